The van der Waals surface area contributed by atoms with Crippen molar-refractivity contribution < 1.29 is 22.7 Å². The number of fused-ring (bicyclic) bond motifs is 1. The van der Waals surface area contributed by atoms with Crippen molar-refractivity contribution in [2.45, 2.75) is 37.0 Å². The van der Waals surface area contributed by atoms with E-state index in [4.69, 9.17) is 9.88 Å². The van der Waals surface area contributed by atoms with Gasteiger partial charge in [-0.05, 0) is 42.9 Å². The van der Waals surface area contributed by atoms with Crippen molar-refractivity contribution in [3.8, 4) is 0 Å². The summed E-state index contributed by atoms with van der Waals surface area (Å²) in [5, 5.41) is 5.23. The van der Waals surface area contributed by atoms with Crippen LogP contribution in [0.25, 0.3) is 10.2 Å². The first-order chi connectivity index (χ1) is 15.8. The summed E-state index contributed by atoms with van der Waals surface area (Å²) >= 11 is 2.88. The van der Waals surface area contributed by atoms with Gasteiger partial charge in [0, 0.05) is 12.2 Å². The van der Waals surface area contributed by atoms with Crippen LogP contribution in [0.1, 0.15) is 25.3 Å². The molecule has 0 saturated carbocycles. The number of sulfonamides is 1. The van der Waals surface area contributed by atoms with Gasteiger partial charge in [0.25, 0.3) is 0 Å². The predicted molar refractivity (Wildman–Crippen MR) is 130 cm³/mol. The number of amides is 1. The van der Waals surface area contributed by atoms with E-state index >= 15 is 0 Å². The average molecular weight is 508 g/mol. The van der Waals surface area contributed by atoms with Crippen molar-refractivity contribution in [1.82, 2.24) is 4.57 Å². The highest BCUT2D eigenvalue weighted by Crippen LogP contribution is 2.21. The number of rotatable bonds is 10. The van der Waals surface area contributed by atoms with Gasteiger partial charge in [0.2, 0.25) is 15.9 Å². The van der Waals surface area contributed by atoms with Crippen molar-refractivity contribution in [2.24, 2.45) is 10.1 Å². The molecule has 8 nitrogen and oxygen atoms in total. The minimum absolute atomic E-state index is 0.0483. The van der Waals surface area contributed by atoms with E-state index in [-0.39, 0.29) is 30.4 Å². The SMILES string of the molecule is CCOC(=O)Cn1c(=NC(=O)CCCSCc2ccccc2)sc2cc(S(N)(=O)=O)ccc21. The van der Waals surface area contributed by atoms with Gasteiger partial charge in [-0.25, -0.2) is 13.6 Å². The number of thiazole rings is 1. The number of primary sulfonamides is 1. The summed E-state index contributed by atoms with van der Waals surface area (Å²) in [6, 6.07) is 14.4. The Morgan fingerprint density at radius 1 is 1.18 bits per heavy atom. The molecule has 0 unspecified atom stereocenters. The van der Waals surface area contributed by atoms with Crippen LogP contribution in [0.15, 0.2) is 58.4 Å². The Kier molecular flexibility index (Phi) is 8.84. The number of hydrogen-bond acceptors (Lipinski definition) is 7. The van der Waals surface area contributed by atoms with Crippen LogP contribution in [0.4, 0.5) is 0 Å². The highest BCUT2D eigenvalue weighted by Gasteiger charge is 2.15. The van der Waals surface area contributed by atoms with Gasteiger partial charge in [-0.2, -0.15) is 16.8 Å². The number of hydrogen-bond donors (Lipinski definition) is 1. The number of carbonyl (C=O) groups is 2. The van der Waals surface area contributed by atoms with Gasteiger partial charge in [-0.3, -0.25) is 9.59 Å². The Hall–Kier alpha value is -2.47. The monoisotopic (exact) mass is 507 g/mol. The highest BCUT2D eigenvalue weighted by atomic mass is 32.2. The molecule has 0 atom stereocenters. The molecule has 0 aliphatic rings. The quantitative estimate of drug-likeness (QED) is 0.333. The van der Waals surface area contributed by atoms with E-state index in [0.717, 1.165) is 22.8 Å². The number of ether oxygens (including phenoxy) is 1. The van der Waals surface area contributed by atoms with Crippen LogP contribution in [-0.2, 0) is 36.6 Å². The number of nitrogens with zero attached hydrogens (tertiary/aromatic N) is 2. The third kappa shape index (κ3) is 7.26. The largest absolute Gasteiger partial charge is 0.465 e. The van der Waals surface area contributed by atoms with Crippen LogP contribution in [0, 0.1) is 0 Å². The molecule has 0 bridgehead atoms. The average Bonchev–Trinajstić information content (AvgIpc) is 3.10. The Morgan fingerprint density at radius 3 is 2.64 bits per heavy atom. The Balaban J connectivity index is 1.75. The second kappa shape index (κ2) is 11.6. The molecule has 0 radical (unpaired) electrons. The summed E-state index contributed by atoms with van der Waals surface area (Å²) in [5.74, 6) is 0.933. The zero-order valence-electron chi connectivity index (χ0n) is 18.1. The van der Waals surface area contributed by atoms with E-state index in [1.165, 1.54) is 17.7 Å². The second-order valence-electron chi connectivity index (χ2n) is 7.10. The summed E-state index contributed by atoms with van der Waals surface area (Å²) < 4.78 is 30.5. The molecule has 11 heteroatoms. The van der Waals surface area contributed by atoms with Gasteiger partial charge in [0.05, 0.1) is 21.7 Å². The van der Waals surface area contributed by atoms with Gasteiger partial charge in [-0.15, -0.1) is 0 Å². The molecule has 1 aromatic heterocycles. The Morgan fingerprint density at radius 2 is 1.94 bits per heavy atom. The van der Waals surface area contributed by atoms with Gasteiger partial charge in [-0.1, -0.05) is 41.7 Å². The van der Waals surface area contributed by atoms with Crippen LogP contribution in [0.3, 0.4) is 0 Å². The first-order valence-electron chi connectivity index (χ1n) is 10.3. The standard InChI is InChI=1S/C22H25N3O5S3/c1-2-30-21(27)14-25-18-11-10-17(33(23,28)29)13-19(18)32-22(25)24-20(26)9-6-12-31-15-16-7-4-3-5-8-16/h3-5,7-8,10-11,13H,2,6,9,12,14-15H2,1H3,(H2,23,28,29). The van der Waals surface area contributed by atoms with Gasteiger partial charge >= 0.3 is 5.97 Å². The summed E-state index contributed by atoms with van der Waals surface area (Å²) in [6.45, 7) is 1.79. The number of benzene rings is 2. The molecule has 0 aliphatic carbocycles. The number of thioether (sulfide) groups is 1. The molecule has 0 aliphatic heterocycles. The van der Waals surface area contributed by atoms with Crippen molar-refractivity contribution in [3.05, 3.63) is 58.9 Å². The van der Waals surface area contributed by atoms with E-state index in [1.807, 2.05) is 18.2 Å². The Bertz CT molecular complexity index is 1300. The predicted octanol–water partition coefficient (Wildman–Crippen LogP) is 3.05. The van der Waals surface area contributed by atoms with Gasteiger partial charge < -0.3 is 9.30 Å². The van der Waals surface area contributed by atoms with Gasteiger partial charge in [0.1, 0.15) is 6.54 Å². The van der Waals surface area contributed by atoms with Crippen molar-refractivity contribution >= 4 is 55.2 Å². The fourth-order valence-corrected chi connectivity index (χ4v) is 5.68. The molecule has 1 amide bonds. The molecule has 1 heterocycles. The minimum Gasteiger partial charge on any atom is -0.465 e. The molecule has 3 rings (SSSR count). The summed E-state index contributed by atoms with van der Waals surface area (Å²) in [7, 11) is -3.88. The maximum atomic E-state index is 12.5. The van der Waals surface area contributed by atoms with Crippen LogP contribution < -0.4 is 9.94 Å². The third-order valence-corrected chi connectivity index (χ3v) is 7.65. The molecule has 176 valence electrons. The molecule has 3 aromatic rings. The fraction of sp³-hybridized carbons (Fsp3) is 0.318. The molecular weight excluding hydrogens is 482 g/mol. The number of nitrogens with two attached hydrogens (primary N) is 1. The molecule has 0 spiro atoms. The zero-order valence-corrected chi connectivity index (χ0v) is 20.5. The van der Waals surface area contributed by atoms with E-state index < -0.39 is 16.0 Å². The normalized spacial score (nSPS) is 12.2. The minimum atomic E-state index is -3.88. The van der Waals surface area contributed by atoms with E-state index in [0.29, 0.717) is 21.4 Å². The first-order valence-corrected chi connectivity index (χ1v) is 13.8. The lowest BCUT2D eigenvalue weighted by atomic mass is 10.2. The van der Waals surface area contributed by atoms with Crippen molar-refractivity contribution in [1.29, 1.82) is 0 Å². The molecule has 2 N–H and O–H groups in total. The van der Waals surface area contributed by atoms with E-state index in [9.17, 15) is 18.0 Å². The molecule has 33 heavy (non-hydrogen) atoms. The molecule has 0 fully saturated rings. The summed E-state index contributed by atoms with van der Waals surface area (Å²) in [5.41, 5.74) is 1.81. The maximum Gasteiger partial charge on any atom is 0.326 e. The summed E-state index contributed by atoms with van der Waals surface area (Å²) in [4.78, 5) is 29.1. The van der Waals surface area contributed by atoms with Crippen LogP contribution >= 0.6 is 23.1 Å². The van der Waals surface area contributed by atoms with Crippen LogP contribution in [0.5, 0.6) is 0 Å². The lowest BCUT2D eigenvalue weighted by Gasteiger charge is -2.05. The maximum absolute atomic E-state index is 12.5. The molecule has 2 aromatic carbocycles. The summed E-state index contributed by atoms with van der Waals surface area (Å²) in [6.07, 6.45) is 0.954. The van der Waals surface area contributed by atoms with Crippen molar-refractivity contribution in [2.75, 3.05) is 12.4 Å². The smallest absolute Gasteiger partial charge is 0.326 e. The second-order valence-corrected chi connectivity index (χ2v) is 10.8. The lowest BCUT2D eigenvalue weighted by Crippen LogP contribution is -2.23. The fourth-order valence-electron chi connectivity index (χ4n) is 3.06. The third-order valence-electron chi connectivity index (χ3n) is 4.59. The van der Waals surface area contributed by atoms with Crippen molar-refractivity contribution in [3.63, 3.8) is 0 Å². The number of aromatic nitrogens is 1. The Labute approximate surface area is 200 Å². The topological polar surface area (TPSA) is 121 Å². The first kappa shape index (κ1) is 25.2. The van der Waals surface area contributed by atoms with Crippen LogP contribution in [0.2, 0.25) is 0 Å². The van der Waals surface area contributed by atoms with E-state index in [2.05, 4.69) is 17.1 Å². The molecule has 0 saturated heterocycles. The van der Waals surface area contributed by atoms with E-state index in [1.54, 1.807) is 29.3 Å². The molecular formula is C22H25N3O5S3. The lowest BCUT2D eigenvalue weighted by molar-refractivity contribution is -0.143. The van der Waals surface area contributed by atoms with Crippen LogP contribution in [-0.4, -0.2) is 37.2 Å². The zero-order chi connectivity index (χ0) is 23.8. The highest BCUT2D eigenvalue weighted by molar-refractivity contribution is 7.98. The number of carbonyl (C=O) groups excluding carboxylic acids is 2. The van der Waals surface area contributed by atoms with Gasteiger partial charge in [0.15, 0.2) is 4.80 Å². The number of esters is 1.